The summed E-state index contributed by atoms with van der Waals surface area (Å²) >= 11 is 3.90. The minimum absolute atomic E-state index is 0.0557. The smallest absolute Gasteiger partial charge is 0.327 e. The van der Waals surface area contributed by atoms with Crippen LogP contribution in [0, 0.1) is 0 Å². The summed E-state index contributed by atoms with van der Waals surface area (Å²) in [6.07, 6.45) is 3.03. The molecule has 0 aromatic rings. The average Bonchev–Trinajstić information content (AvgIpc) is 3.13. The summed E-state index contributed by atoms with van der Waals surface area (Å²) in [5.41, 5.74) is 11.2. The van der Waals surface area contributed by atoms with E-state index in [0.717, 1.165) is 12.8 Å². The maximum atomic E-state index is 12.4. The second kappa shape index (κ2) is 11.8. The van der Waals surface area contributed by atoms with Crippen molar-refractivity contribution in [2.45, 2.75) is 50.2 Å². The number of nitrogens with two attached hydrogens (primary N) is 2. The zero-order valence-corrected chi connectivity index (χ0v) is 16.1. The van der Waals surface area contributed by atoms with Crippen LogP contribution in [0.2, 0.25) is 0 Å². The number of amides is 3. The summed E-state index contributed by atoms with van der Waals surface area (Å²) < 4.78 is 0. The van der Waals surface area contributed by atoms with Gasteiger partial charge in [-0.05, 0) is 32.2 Å². The number of carboxylic acid groups (broad SMARTS) is 1. The first kappa shape index (κ1) is 23.2. The number of nitrogens with one attached hydrogen (secondary N) is 2. The van der Waals surface area contributed by atoms with Crippen LogP contribution >= 0.6 is 12.6 Å². The van der Waals surface area contributed by atoms with Crippen molar-refractivity contribution in [3.63, 3.8) is 0 Å². The molecule has 3 amide bonds. The molecule has 154 valence electrons. The maximum absolute atomic E-state index is 12.4. The summed E-state index contributed by atoms with van der Waals surface area (Å²) in [7, 11) is 0. The van der Waals surface area contributed by atoms with Crippen LogP contribution in [0.25, 0.3) is 0 Å². The molecule has 0 aromatic heterocycles. The lowest BCUT2D eigenvalue weighted by Crippen LogP contribution is -2.53. The molecule has 1 fully saturated rings. The van der Waals surface area contributed by atoms with Crippen molar-refractivity contribution in [1.82, 2.24) is 15.5 Å². The molecule has 0 bridgehead atoms. The number of hydrogen-bond acceptors (Lipinski definition) is 7. The fraction of sp³-hybridized carbons (Fsp3) is 0.750. The Morgan fingerprint density at radius 3 is 2.56 bits per heavy atom. The Bertz CT molecular complexity index is 547. The van der Waals surface area contributed by atoms with Crippen molar-refractivity contribution < 1.29 is 24.3 Å². The number of thiol groups is 1. The molecule has 1 aliphatic rings. The van der Waals surface area contributed by atoms with E-state index in [1.165, 1.54) is 4.90 Å². The summed E-state index contributed by atoms with van der Waals surface area (Å²) in [5, 5.41) is 13.9. The fourth-order valence-corrected chi connectivity index (χ4v) is 3.07. The fourth-order valence-electron chi connectivity index (χ4n) is 2.83. The Morgan fingerprint density at radius 2 is 1.96 bits per heavy atom. The van der Waals surface area contributed by atoms with Crippen LogP contribution in [0.5, 0.6) is 0 Å². The number of carbonyl (C=O) groups is 4. The Morgan fingerprint density at radius 1 is 1.26 bits per heavy atom. The standard InChI is InChI=1S/C16H29N5O5S/c17-6-2-1-4-10(18)14(23)19-8-13(22)21-7-3-5-12(21)15(24)20-11(9-27)16(25)26/h10-12,27H,1-9,17-18H2,(H,19,23)(H,20,24)(H,25,26). The monoisotopic (exact) mass is 403 g/mol. The van der Waals surface area contributed by atoms with Gasteiger partial charge in [0.2, 0.25) is 17.7 Å². The predicted octanol–water partition coefficient (Wildman–Crippen LogP) is -1.95. The number of rotatable bonds is 11. The van der Waals surface area contributed by atoms with E-state index in [1.807, 2.05) is 0 Å². The number of unbranched alkanes of at least 4 members (excludes halogenated alkanes) is 1. The first-order chi connectivity index (χ1) is 12.8. The van der Waals surface area contributed by atoms with Gasteiger partial charge in [-0.25, -0.2) is 4.79 Å². The highest BCUT2D eigenvalue weighted by Crippen LogP contribution is 2.17. The van der Waals surface area contributed by atoms with Crippen LogP contribution in [0.1, 0.15) is 32.1 Å². The van der Waals surface area contributed by atoms with Crippen molar-refractivity contribution in [2.75, 3.05) is 25.4 Å². The van der Waals surface area contributed by atoms with E-state index in [0.29, 0.717) is 32.4 Å². The van der Waals surface area contributed by atoms with Crippen molar-refractivity contribution in [2.24, 2.45) is 11.5 Å². The minimum atomic E-state index is -1.19. The van der Waals surface area contributed by atoms with E-state index in [2.05, 4.69) is 23.3 Å². The van der Waals surface area contributed by atoms with Crippen molar-refractivity contribution in [3.05, 3.63) is 0 Å². The predicted molar refractivity (Wildman–Crippen MR) is 102 cm³/mol. The Labute approximate surface area is 163 Å². The zero-order valence-electron chi connectivity index (χ0n) is 15.2. The van der Waals surface area contributed by atoms with Gasteiger partial charge in [0.1, 0.15) is 12.1 Å². The quantitative estimate of drug-likeness (QED) is 0.172. The van der Waals surface area contributed by atoms with Gasteiger partial charge in [0.25, 0.3) is 0 Å². The van der Waals surface area contributed by atoms with Gasteiger partial charge in [-0.3, -0.25) is 14.4 Å². The molecule has 10 nitrogen and oxygen atoms in total. The van der Waals surface area contributed by atoms with Gasteiger partial charge in [0.05, 0.1) is 12.6 Å². The molecule has 3 atom stereocenters. The molecule has 1 heterocycles. The third-order valence-electron chi connectivity index (χ3n) is 4.39. The summed E-state index contributed by atoms with van der Waals surface area (Å²) in [4.78, 5) is 49.0. The largest absolute Gasteiger partial charge is 0.480 e. The molecule has 27 heavy (non-hydrogen) atoms. The van der Waals surface area contributed by atoms with E-state index in [1.54, 1.807) is 0 Å². The molecule has 1 rings (SSSR count). The molecule has 0 radical (unpaired) electrons. The summed E-state index contributed by atoms with van der Waals surface area (Å²) in [5.74, 6) is -2.62. The van der Waals surface area contributed by atoms with Crippen LogP contribution in [-0.2, 0) is 19.2 Å². The second-order valence-corrected chi connectivity index (χ2v) is 6.80. The highest BCUT2D eigenvalue weighted by atomic mass is 32.1. The SMILES string of the molecule is NCCCCC(N)C(=O)NCC(=O)N1CCCC1C(=O)NC(CS)C(=O)O. The van der Waals surface area contributed by atoms with Gasteiger partial charge in [-0.15, -0.1) is 0 Å². The lowest BCUT2D eigenvalue weighted by Gasteiger charge is -2.25. The van der Waals surface area contributed by atoms with E-state index in [-0.39, 0.29) is 12.3 Å². The van der Waals surface area contributed by atoms with Crippen LogP contribution in [0.4, 0.5) is 0 Å². The molecule has 7 N–H and O–H groups in total. The number of hydrogen-bond donors (Lipinski definition) is 6. The number of carbonyl (C=O) groups excluding carboxylic acids is 3. The normalized spacial score (nSPS) is 18.6. The summed E-state index contributed by atoms with van der Waals surface area (Å²) in [6, 6.07) is -2.59. The number of likely N-dealkylation sites (tertiary alicyclic amines) is 1. The van der Waals surface area contributed by atoms with E-state index < -0.39 is 41.8 Å². The van der Waals surface area contributed by atoms with Crippen LogP contribution in [-0.4, -0.2) is 77.2 Å². The first-order valence-corrected chi connectivity index (χ1v) is 9.61. The van der Waals surface area contributed by atoms with Gasteiger partial charge in [-0.2, -0.15) is 12.6 Å². The maximum Gasteiger partial charge on any atom is 0.327 e. The Hall–Kier alpha value is -1.85. The molecule has 3 unspecified atom stereocenters. The summed E-state index contributed by atoms with van der Waals surface area (Å²) in [6.45, 7) is 0.636. The molecule has 1 aliphatic heterocycles. The molecule has 0 aromatic carbocycles. The lowest BCUT2D eigenvalue weighted by molar-refractivity contribution is -0.143. The van der Waals surface area contributed by atoms with Gasteiger partial charge >= 0.3 is 5.97 Å². The van der Waals surface area contributed by atoms with Crippen molar-refractivity contribution in [1.29, 1.82) is 0 Å². The second-order valence-electron chi connectivity index (χ2n) is 6.44. The molecule has 0 spiro atoms. The van der Waals surface area contributed by atoms with Gasteiger partial charge in [0.15, 0.2) is 0 Å². The number of aliphatic carboxylic acids is 1. The number of carboxylic acids is 1. The third-order valence-corrected chi connectivity index (χ3v) is 4.76. The van der Waals surface area contributed by atoms with Crippen LogP contribution in [0.3, 0.4) is 0 Å². The van der Waals surface area contributed by atoms with E-state index in [4.69, 9.17) is 16.6 Å². The van der Waals surface area contributed by atoms with Crippen LogP contribution < -0.4 is 22.1 Å². The zero-order chi connectivity index (χ0) is 20.4. The highest BCUT2D eigenvalue weighted by Gasteiger charge is 2.35. The Kier molecular flexibility index (Phi) is 10.1. The van der Waals surface area contributed by atoms with Crippen molar-refractivity contribution >= 4 is 36.3 Å². The van der Waals surface area contributed by atoms with Gasteiger partial charge in [0, 0.05) is 12.3 Å². The minimum Gasteiger partial charge on any atom is -0.480 e. The van der Waals surface area contributed by atoms with Crippen molar-refractivity contribution in [3.8, 4) is 0 Å². The topological polar surface area (TPSA) is 168 Å². The third kappa shape index (κ3) is 7.35. The highest BCUT2D eigenvalue weighted by molar-refractivity contribution is 7.80. The van der Waals surface area contributed by atoms with Crippen LogP contribution in [0.15, 0.2) is 0 Å². The van der Waals surface area contributed by atoms with Gasteiger partial charge in [-0.1, -0.05) is 6.42 Å². The molecule has 0 saturated carbocycles. The van der Waals surface area contributed by atoms with E-state index >= 15 is 0 Å². The van der Waals surface area contributed by atoms with Gasteiger partial charge < -0.3 is 32.1 Å². The average molecular weight is 404 g/mol. The molecule has 0 aliphatic carbocycles. The molecule has 11 heteroatoms. The number of nitrogens with zero attached hydrogens (tertiary/aromatic N) is 1. The van der Waals surface area contributed by atoms with E-state index in [9.17, 15) is 19.2 Å². The molecular formula is C16H29N5O5S. The molecule has 1 saturated heterocycles. The first-order valence-electron chi connectivity index (χ1n) is 8.98. The lowest BCUT2D eigenvalue weighted by atomic mass is 10.1. The Balaban J connectivity index is 2.52. The molecular weight excluding hydrogens is 374 g/mol.